The largest absolute Gasteiger partial charge is 0.366 e. The molecule has 0 aliphatic carbocycles. The van der Waals surface area contributed by atoms with Gasteiger partial charge in [-0.25, -0.2) is 0 Å². The molecular weight excluding hydrogens is 402 g/mol. The number of aryl methyl sites for hydroxylation is 3. The fourth-order valence-electron chi connectivity index (χ4n) is 4.11. The van der Waals surface area contributed by atoms with Crippen LogP contribution in [0, 0.1) is 31.1 Å². The van der Waals surface area contributed by atoms with Crippen LogP contribution in [0.5, 0.6) is 0 Å². The van der Waals surface area contributed by atoms with Gasteiger partial charge in [-0.2, -0.15) is 5.26 Å². The molecule has 4 rings (SSSR count). The lowest BCUT2D eigenvalue weighted by Gasteiger charge is -2.22. The zero-order valence-electron chi connectivity index (χ0n) is 18.8. The topological polar surface area (TPSA) is 91.0 Å². The molecule has 1 aliphatic rings. The highest BCUT2D eigenvalue weighted by Gasteiger charge is 2.32. The summed E-state index contributed by atoms with van der Waals surface area (Å²) in [4.78, 5) is 32.2. The van der Waals surface area contributed by atoms with E-state index < -0.39 is 0 Å². The van der Waals surface area contributed by atoms with Crippen LogP contribution >= 0.6 is 0 Å². The molecule has 32 heavy (non-hydrogen) atoms. The summed E-state index contributed by atoms with van der Waals surface area (Å²) in [5.41, 5.74) is 4.84. The van der Waals surface area contributed by atoms with Crippen LogP contribution in [0.1, 0.15) is 18.2 Å². The molecule has 1 N–H and O–H groups in total. The summed E-state index contributed by atoms with van der Waals surface area (Å²) in [6.07, 6.45) is 3.47. The Morgan fingerprint density at radius 2 is 1.91 bits per heavy atom. The number of fused-ring (bicyclic) bond motifs is 1. The van der Waals surface area contributed by atoms with Crippen LogP contribution in [0.25, 0.3) is 22.0 Å². The van der Waals surface area contributed by atoms with Gasteiger partial charge in [-0.3, -0.25) is 14.6 Å². The molecule has 3 heterocycles. The molecule has 0 fully saturated rings. The van der Waals surface area contributed by atoms with Crippen LogP contribution < -0.4 is 10.9 Å². The number of anilines is 1. The summed E-state index contributed by atoms with van der Waals surface area (Å²) >= 11 is 0. The Kier molecular flexibility index (Phi) is 5.31. The molecule has 162 valence electrons. The first-order valence-electron chi connectivity index (χ1n) is 10.4. The van der Waals surface area contributed by atoms with Crippen LogP contribution in [0.2, 0.25) is 0 Å². The average Bonchev–Trinajstić information content (AvgIpc) is 3.06. The van der Waals surface area contributed by atoms with E-state index in [0.717, 1.165) is 27.7 Å². The third-order valence-electron chi connectivity index (χ3n) is 6.26. The first kappa shape index (κ1) is 21.3. The van der Waals surface area contributed by atoms with Gasteiger partial charge in [0.05, 0.1) is 17.5 Å². The lowest BCUT2D eigenvalue weighted by molar-refractivity contribution is -0.114. The number of nitrogens with zero attached hydrogens (tertiary/aromatic N) is 4. The monoisotopic (exact) mass is 427 g/mol. The van der Waals surface area contributed by atoms with Crippen LogP contribution in [0.4, 0.5) is 5.69 Å². The van der Waals surface area contributed by atoms with Gasteiger partial charge in [-0.05, 0) is 62.2 Å². The third-order valence-corrected chi connectivity index (χ3v) is 6.26. The molecule has 3 aromatic rings. The molecule has 1 amide bonds. The summed E-state index contributed by atoms with van der Waals surface area (Å²) in [5, 5.41) is 13.1. The number of aromatic nitrogens is 2. The molecule has 1 aromatic carbocycles. The molecule has 7 heteroatoms. The summed E-state index contributed by atoms with van der Waals surface area (Å²) in [5.74, 6) is -0.606. The number of nitrogens with one attached hydrogen (secondary N) is 1. The van der Waals surface area contributed by atoms with E-state index in [-0.39, 0.29) is 23.4 Å². The predicted octanol–water partition coefficient (Wildman–Crippen LogP) is 3.51. The maximum atomic E-state index is 13.1. The van der Waals surface area contributed by atoms with Crippen molar-refractivity contribution in [1.82, 2.24) is 14.5 Å². The van der Waals surface area contributed by atoms with Crippen LogP contribution in [0.15, 0.2) is 53.1 Å². The number of likely N-dealkylation sites (N-methyl/N-ethyl adjacent to an activating group) is 1. The van der Waals surface area contributed by atoms with E-state index in [1.165, 1.54) is 0 Å². The molecule has 2 atom stereocenters. The van der Waals surface area contributed by atoms with Crippen molar-refractivity contribution in [1.29, 1.82) is 5.26 Å². The first-order chi connectivity index (χ1) is 15.2. The second-order valence-electron chi connectivity index (χ2n) is 8.35. The highest BCUT2D eigenvalue weighted by Crippen LogP contribution is 2.29. The molecule has 0 spiro atoms. The van der Waals surface area contributed by atoms with Crippen LogP contribution in [0.3, 0.4) is 0 Å². The lowest BCUT2D eigenvalue weighted by Crippen LogP contribution is -2.31. The summed E-state index contributed by atoms with van der Waals surface area (Å²) in [7, 11) is 3.56. The Morgan fingerprint density at radius 3 is 2.59 bits per heavy atom. The fourth-order valence-corrected chi connectivity index (χ4v) is 4.11. The Hall–Kier alpha value is -3.92. The van der Waals surface area contributed by atoms with Crippen LogP contribution in [-0.4, -0.2) is 33.4 Å². The van der Waals surface area contributed by atoms with Crippen LogP contribution in [-0.2, 0) is 11.8 Å². The van der Waals surface area contributed by atoms with Crippen molar-refractivity contribution in [3.05, 3.63) is 69.9 Å². The SMILES string of the molecule is Cc1cc2c(cn1)cc(-c1cc(NC(=O)C3=CC(C#N)C(C)N3C)ccc1C)c(=O)n2C. The molecule has 0 bridgehead atoms. The number of amides is 1. The van der Waals surface area contributed by atoms with E-state index in [9.17, 15) is 14.9 Å². The minimum atomic E-state index is -0.327. The number of benzene rings is 1. The Labute approximate surface area is 186 Å². The number of hydrogen-bond acceptors (Lipinski definition) is 5. The van der Waals surface area contributed by atoms with Gasteiger partial charge in [-0.1, -0.05) is 6.07 Å². The van der Waals surface area contributed by atoms with Gasteiger partial charge in [0.2, 0.25) is 0 Å². The normalized spacial score (nSPS) is 17.9. The molecular formula is C25H25N5O2. The second kappa shape index (κ2) is 7.97. The number of rotatable bonds is 3. The van der Waals surface area contributed by atoms with Gasteiger partial charge in [0.1, 0.15) is 5.70 Å². The minimum absolute atomic E-state index is 0.0628. The summed E-state index contributed by atoms with van der Waals surface area (Å²) in [6, 6.07) is 11.4. The lowest BCUT2D eigenvalue weighted by atomic mass is 9.99. The highest BCUT2D eigenvalue weighted by molar-refractivity contribution is 6.04. The Morgan fingerprint density at radius 1 is 1.16 bits per heavy atom. The van der Waals surface area contributed by atoms with Gasteiger partial charge in [0.15, 0.2) is 0 Å². The van der Waals surface area contributed by atoms with Gasteiger partial charge < -0.3 is 14.8 Å². The van der Waals surface area contributed by atoms with E-state index in [2.05, 4.69) is 16.4 Å². The molecule has 0 saturated heterocycles. The molecule has 7 nitrogen and oxygen atoms in total. The Bertz CT molecular complexity index is 1380. The van der Waals surface area contributed by atoms with Crippen molar-refractivity contribution in [2.45, 2.75) is 26.8 Å². The molecule has 2 unspecified atom stereocenters. The first-order valence-corrected chi connectivity index (χ1v) is 10.4. The molecule has 2 aromatic heterocycles. The fraction of sp³-hybridized carbons (Fsp3) is 0.280. The van der Waals surface area contributed by atoms with E-state index in [4.69, 9.17) is 0 Å². The standard InChI is InChI=1S/C25H25N5O2/c1-14-6-7-19(28-24(31)23-10-17(12-26)16(3)29(23)4)11-20(14)21-9-18-13-27-15(2)8-22(18)30(5)25(21)32/h6-11,13,16-17H,1-5H3,(H,28,31). The third kappa shape index (κ3) is 3.54. The predicted molar refractivity (Wildman–Crippen MR) is 125 cm³/mol. The van der Waals surface area contributed by atoms with E-state index >= 15 is 0 Å². The van der Waals surface area contributed by atoms with Crippen molar-refractivity contribution < 1.29 is 4.79 Å². The number of carbonyl (C=O) groups excluding carboxylic acids is 1. The minimum Gasteiger partial charge on any atom is -0.366 e. The number of pyridine rings is 2. The second-order valence-corrected chi connectivity index (χ2v) is 8.35. The van der Waals surface area contributed by atoms with E-state index in [1.807, 2.05) is 63.1 Å². The molecule has 0 radical (unpaired) electrons. The van der Waals surface area contributed by atoms with Gasteiger partial charge in [0, 0.05) is 48.7 Å². The van der Waals surface area contributed by atoms with Crippen molar-refractivity contribution in [3.8, 4) is 17.2 Å². The smallest absolute Gasteiger partial charge is 0.271 e. The number of carbonyl (C=O) groups is 1. The zero-order chi connectivity index (χ0) is 23.2. The quantitative estimate of drug-likeness (QED) is 0.691. The highest BCUT2D eigenvalue weighted by atomic mass is 16.2. The summed E-state index contributed by atoms with van der Waals surface area (Å²) in [6.45, 7) is 5.75. The van der Waals surface area contributed by atoms with Gasteiger partial charge in [-0.15, -0.1) is 0 Å². The van der Waals surface area contributed by atoms with Crippen molar-refractivity contribution in [2.24, 2.45) is 13.0 Å². The average molecular weight is 428 g/mol. The maximum absolute atomic E-state index is 13.1. The summed E-state index contributed by atoms with van der Waals surface area (Å²) < 4.78 is 1.63. The van der Waals surface area contributed by atoms with E-state index in [0.29, 0.717) is 16.9 Å². The number of nitriles is 1. The molecule has 0 saturated carbocycles. The van der Waals surface area contributed by atoms with Crippen molar-refractivity contribution in [3.63, 3.8) is 0 Å². The van der Waals surface area contributed by atoms with Gasteiger partial charge >= 0.3 is 0 Å². The van der Waals surface area contributed by atoms with E-state index in [1.54, 1.807) is 23.9 Å². The molecule has 1 aliphatic heterocycles. The van der Waals surface area contributed by atoms with Crippen molar-refractivity contribution >= 4 is 22.5 Å². The Balaban J connectivity index is 1.73. The number of hydrogen-bond donors (Lipinski definition) is 1. The zero-order valence-corrected chi connectivity index (χ0v) is 18.8. The maximum Gasteiger partial charge on any atom is 0.271 e. The van der Waals surface area contributed by atoms with Gasteiger partial charge in [0.25, 0.3) is 11.5 Å². The van der Waals surface area contributed by atoms with Crippen molar-refractivity contribution in [2.75, 3.05) is 12.4 Å².